The minimum absolute atomic E-state index is 0.303. The molecule has 0 amide bonds. The van der Waals surface area contributed by atoms with Crippen LogP contribution in [-0.4, -0.2) is 46.1 Å². The smallest absolute Gasteiger partial charge is 0.304 e. The fraction of sp³-hybridized carbons (Fsp3) is 0.889. The molecule has 0 radical (unpaired) electrons. The second kappa shape index (κ2) is 3.88. The normalized spacial score (nSPS) is 23.2. The lowest BCUT2D eigenvalue weighted by atomic mass is 10.2. The van der Waals surface area contributed by atoms with E-state index in [0.717, 1.165) is 6.54 Å². The second-order valence-corrected chi connectivity index (χ2v) is 4.88. The van der Waals surface area contributed by atoms with Crippen LogP contribution in [0, 0.1) is 0 Å². The number of hydrogen-bond acceptors (Lipinski definition) is 3. The van der Waals surface area contributed by atoms with Crippen LogP contribution in [0.2, 0.25) is 0 Å². The Balaban J connectivity index is 1.78. The topological polar surface area (TPSA) is 40.5 Å². The van der Waals surface area contributed by atoms with E-state index < -0.39 is 5.97 Å². The van der Waals surface area contributed by atoms with Gasteiger partial charge in [-0.05, 0) is 12.8 Å². The van der Waals surface area contributed by atoms with Crippen molar-refractivity contribution in [3.63, 3.8) is 0 Å². The van der Waals surface area contributed by atoms with Crippen molar-refractivity contribution in [2.24, 2.45) is 0 Å². The highest BCUT2D eigenvalue weighted by molar-refractivity contribution is 8.00. The fourth-order valence-electron chi connectivity index (χ4n) is 1.71. The molecule has 0 aromatic carbocycles. The molecule has 0 bridgehead atoms. The van der Waals surface area contributed by atoms with E-state index in [1.807, 2.05) is 11.8 Å². The standard InChI is InChI=1S/C9H15NO2S/c11-9(12)3-4-10(7-1-2-7)8-5-13-6-8/h7-8H,1-6H2,(H,11,12). The summed E-state index contributed by atoms with van der Waals surface area (Å²) in [6.07, 6.45) is 2.86. The summed E-state index contributed by atoms with van der Waals surface area (Å²) < 4.78 is 0. The van der Waals surface area contributed by atoms with Gasteiger partial charge >= 0.3 is 5.97 Å². The van der Waals surface area contributed by atoms with E-state index in [1.54, 1.807) is 0 Å². The number of aliphatic carboxylic acids is 1. The molecular formula is C9H15NO2S. The van der Waals surface area contributed by atoms with Gasteiger partial charge in [0.1, 0.15) is 0 Å². The maximum Gasteiger partial charge on any atom is 0.304 e. The molecule has 1 aliphatic heterocycles. The molecule has 4 heteroatoms. The number of carboxylic acids is 1. The average molecular weight is 201 g/mol. The third-order valence-electron chi connectivity index (χ3n) is 2.69. The molecule has 0 spiro atoms. The van der Waals surface area contributed by atoms with Crippen molar-refractivity contribution in [1.29, 1.82) is 0 Å². The minimum atomic E-state index is -0.669. The Morgan fingerprint density at radius 1 is 1.38 bits per heavy atom. The molecule has 3 nitrogen and oxygen atoms in total. The van der Waals surface area contributed by atoms with Gasteiger partial charge in [0, 0.05) is 30.1 Å². The second-order valence-electron chi connectivity index (χ2n) is 3.80. The Hall–Kier alpha value is -0.220. The Bertz CT molecular complexity index is 202. The summed E-state index contributed by atoms with van der Waals surface area (Å²) in [5.41, 5.74) is 0. The number of rotatable bonds is 5. The van der Waals surface area contributed by atoms with Gasteiger partial charge in [-0.15, -0.1) is 0 Å². The molecule has 1 N–H and O–H groups in total. The number of carboxylic acid groups (broad SMARTS) is 1. The van der Waals surface area contributed by atoms with E-state index in [9.17, 15) is 4.79 Å². The third-order valence-corrected chi connectivity index (χ3v) is 3.93. The Morgan fingerprint density at radius 2 is 2.08 bits per heavy atom. The van der Waals surface area contributed by atoms with Gasteiger partial charge in [-0.25, -0.2) is 0 Å². The summed E-state index contributed by atoms with van der Waals surface area (Å²) in [6, 6.07) is 1.39. The molecule has 0 aromatic heterocycles. The number of carbonyl (C=O) groups is 1. The van der Waals surface area contributed by atoms with Crippen LogP contribution < -0.4 is 0 Å². The maximum absolute atomic E-state index is 10.4. The quantitative estimate of drug-likeness (QED) is 0.721. The van der Waals surface area contributed by atoms with Crippen LogP contribution in [0.1, 0.15) is 19.3 Å². The Morgan fingerprint density at radius 3 is 2.46 bits per heavy atom. The largest absolute Gasteiger partial charge is 0.481 e. The van der Waals surface area contributed by atoms with Crippen molar-refractivity contribution in [1.82, 2.24) is 4.90 Å². The number of nitrogens with zero attached hydrogens (tertiary/aromatic N) is 1. The zero-order chi connectivity index (χ0) is 9.26. The number of thioether (sulfide) groups is 1. The van der Waals surface area contributed by atoms with Crippen LogP contribution in [0.3, 0.4) is 0 Å². The molecule has 74 valence electrons. The monoisotopic (exact) mass is 201 g/mol. The van der Waals surface area contributed by atoms with Gasteiger partial charge in [0.05, 0.1) is 6.42 Å². The lowest BCUT2D eigenvalue weighted by Crippen LogP contribution is -2.46. The SMILES string of the molecule is O=C(O)CCN(C1CC1)C1CSC1. The van der Waals surface area contributed by atoms with E-state index in [2.05, 4.69) is 4.90 Å². The van der Waals surface area contributed by atoms with Gasteiger partial charge in [0.15, 0.2) is 0 Å². The van der Waals surface area contributed by atoms with Crippen molar-refractivity contribution < 1.29 is 9.90 Å². The van der Waals surface area contributed by atoms with Crippen LogP contribution in [0.4, 0.5) is 0 Å². The molecule has 2 aliphatic rings. The molecule has 2 rings (SSSR count). The molecule has 0 unspecified atom stereocenters. The van der Waals surface area contributed by atoms with Gasteiger partial charge in [-0.3, -0.25) is 9.69 Å². The summed E-state index contributed by atoms with van der Waals surface area (Å²) in [5.74, 6) is 1.74. The van der Waals surface area contributed by atoms with Gasteiger partial charge in [0.25, 0.3) is 0 Å². The Kier molecular flexibility index (Phi) is 2.79. The maximum atomic E-state index is 10.4. The molecular weight excluding hydrogens is 186 g/mol. The predicted octanol–water partition coefficient (Wildman–Crippen LogP) is 1.04. The summed E-state index contributed by atoms with van der Waals surface area (Å²) in [4.78, 5) is 12.9. The van der Waals surface area contributed by atoms with Gasteiger partial charge in [-0.1, -0.05) is 0 Å². The van der Waals surface area contributed by atoms with Crippen LogP contribution in [-0.2, 0) is 4.79 Å². The van der Waals surface area contributed by atoms with Crippen LogP contribution in [0.25, 0.3) is 0 Å². The van der Waals surface area contributed by atoms with E-state index >= 15 is 0 Å². The first-order chi connectivity index (χ1) is 6.27. The molecule has 0 aromatic rings. The first-order valence-corrected chi connectivity index (χ1v) is 5.98. The van der Waals surface area contributed by atoms with Crippen molar-refractivity contribution in [3.8, 4) is 0 Å². The van der Waals surface area contributed by atoms with Gasteiger partial charge < -0.3 is 5.11 Å². The molecule has 2 fully saturated rings. The minimum Gasteiger partial charge on any atom is -0.481 e. The van der Waals surface area contributed by atoms with Crippen LogP contribution >= 0.6 is 11.8 Å². The van der Waals surface area contributed by atoms with E-state index in [4.69, 9.17) is 5.11 Å². The molecule has 0 atom stereocenters. The van der Waals surface area contributed by atoms with Crippen molar-refractivity contribution >= 4 is 17.7 Å². The van der Waals surface area contributed by atoms with Crippen molar-refractivity contribution in [2.75, 3.05) is 18.1 Å². The molecule has 1 saturated heterocycles. The van der Waals surface area contributed by atoms with Crippen molar-refractivity contribution in [2.45, 2.75) is 31.3 Å². The number of hydrogen-bond donors (Lipinski definition) is 1. The highest BCUT2D eigenvalue weighted by Crippen LogP contribution is 2.34. The van der Waals surface area contributed by atoms with Crippen LogP contribution in [0.5, 0.6) is 0 Å². The summed E-state index contributed by atoms with van der Waals surface area (Å²) >= 11 is 1.96. The first kappa shape index (κ1) is 9.34. The summed E-state index contributed by atoms with van der Waals surface area (Å²) in [5, 5.41) is 8.61. The predicted molar refractivity (Wildman–Crippen MR) is 53.1 cm³/mol. The molecule has 1 heterocycles. The summed E-state index contributed by atoms with van der Waals surface area (Å²) in [6.45, 7) is 0.755. The van der Waals surface area contributed by atoms with Gasteiger partial charge in [-0.2, -0.15) is 11.8 Å². The van der Waals surface area contributed by atoms with Crippen molar-refractivity contribution in [3.05, 3.63) is 0 Å². The van der Waals surface area contributed by atoms with E-state index in [-0.39, 0.29) is 0 Å². The zero-order valence-electron chi connectivity index (χ0n) is 7.61. The highest BCUT2D eigenvalue weighted by atomic mass is 32.2. The average Bonchev–Trinajstić information content (AvgIpc) is 2.75. The first-order valence-electron chi connectivity index (χ1n) is 4.82. The highest BCUT2D eigenvalue weighted by Gasteiger charge is 2.36. The van der Waals surface area contributed by atoms with E-state index in [0.29, 0.717) is 18.5 Å². The lowest BCUT2D eigenvalue weighted by molar-refractivity contribution is -0.137. The zero-order valence-corrected chi connectivity index (χ0v) is 8.42. The lowest BCUT2D eigenvalue weighted by Gasteiger charge is -2.37. The fourth-order valence-corrected chi connectivity index (χ4v) is 2.54. The van der Waals surface area contributed by atoms with Crippen LogP contribution in [0.15, 0.2) is 0 Å². The molecule has 13 heavy (non-hydrogen) atoms. The molecule has 1 saturated carbocycles. The third kappa shape index (κ3) is 2.38. The van der Waals surface area contributed by atoms with Gasteiger partial charge in [0.2, 0.25) is 0 Å². The van der Waals surface area contributed by atoms with E-state index in [1.165, 1.54) is 24.3 Å². The Labute approximate surface area is 82.5 Å². The summed E-state index contributed by atoms with van der Waals surface area (Å²) in [7, 11) is 0. The molecule has 1 aliphatic carbocycles.